The van der Waals surface area contributed by atoms with Gasteiger partial charge in [-0.15, -0.1) is 0 Å². The number of aliphatic hydroxyl groups excluding tert-OH is 1. The smallest absolute Gasteiger partial charge is 0.228 e. The van der Waals surface area contributed by atoms with Gasteiger partial charge < -0.3 is 25.1 Å². The fourth-order valence-electron chi connectivity index (χ4n) is 7.76. The van der Waals surface area contributed by atoms with Gasteiger partial charge in [0.15, 0.2) is 5.82 Å². The Hall–Kier alpha value is -3.45. The molecule has 2 aromatic carbocycles. The number of nitrogens with zero attached hydrogens (tertiary/aromatic N) is 6. The number of likely N-dealkylation sites (N-methyl/N-ethyl adjacent to an activating group) is 1. The number of hydrogen-bond acceptors (Lipinski definition) is 8. The van der Waals surface area contributed by atoms with Crippen molar-refractivity contribution >= 4 is 40.3 Å². The van der Waals surface area contributed by atoms with E-state index in [4.69, 9.17) is 21.6 Å². The fraction of sp³-hybridized carbons (Fsp3) is 0.485. The normalized spacial score (nSPS) is 27.1. The van der Waals surface area contributed by atoms with Crippen molar-refractivity contribution in [3.63, 3.8) is 0 Å². The Kier molecular flexibility index (Phi) is 6.99. The highest BCUT2D eigenvalue weighted by atomic mass is 35.5. The highest BCUT2D eigenvalue weighted by molar-refractivity contribution is 6.32. The van der Waals surface area contributed by atoms with Crippen molar-refractivity contribution in [1.82, 2.24) is 20.2 Å². The lowest BCUT2D eigenvalue weighted by molar-refractivity contribution is 0.244. The summed E-state index contributed by atoms with van der Waals surface area (Å²) in [7, 11) is 4.12. The summed E-state index contributed by atoms with van der Waals surface area (Å²) in [6, 6.07) is 12.6. The molecule has 0 saturated carbocycles. The maximum absolute atomic E-state index is 17.2. The van der Waals surface area contributed by atoms with Crippen LogP contribution in [0.25, 0.3) is 17.0 Å². The molecular weight excluding hydrogens is 565 g/mol. The third-order valence-electron chi connectivity index (χ3n) is 10.1. The van der Waals surface area contributed by atoms with Crippen LogP contribution < -0.4 is 15.1 Å². The second-order valence-corrected chi connectivity index (χ2v) is 13.4. The van der Waals surface area contributed by atoms with Crippen LogP contribution >= 0.6 is 11.6 Å². The highest BCUT2D eigenvalue weighted by Gasteiger charge is 2.44. The van der Waals surface area contributed by atoms with Crippen LogP contribution in [-0.4, -0.2) is 77.9 Å². The molecule has 224 valence electrons. The number of nitrogens with one attached hydrogen (secondary N) is 1. The zero-order chi connectivity index (χ0) is 30.0. The topological polar surface area (TPSA) is 91.5 Å². The van der Waals surface area contributed by atoms with Crippen LogP contribution in [0, 0.1) is 17.1 Å². The molecule has 4 heterocycles. The van der Waals surface area contributed by atoms with E-state index in [1.165, 1.54) is 0 Å². The SMILES string of the molecule is CN(C)C1CN(c2nc(N3C4CCC[C@H]3[C@H](CC#N)NC4)c3cc(Cl)c(C4(C)CC(O)=Cc5ccccc54)c(F)c3n2)C1. The Morgan fingerprint density at radius 1 is 1.23 bits per heavy atom. The minimum atomic E-state index is -0.897. The molecule has 2 bridgehead atoms. The van der Waals surface area contributed by atoms with E-state index in [2.05, 4.69) is 40.2 Å². The summed E-state index contributed by atoms with van der Waals surface area (Å²) in [6.45, 7) is 4.20. The van der Waals surface area contributed by atoms with Crippen molar-refractivity contribution in [3.05, 3.63) is 63.6 Å². The Labute approximate surface area is 256 Å². The summed E-state index contributed by atoms with van der Waals surface area (Å²) in [5.41, 5.74) is 1.44. The molecule has 43 heavy (non-hydrogen) atoms. The van der Waals surface area contributed by atoms with Gasteiger partial charge in [-0.25, -0.2) is 9.37 Å². The number of benzene rings is 2. The van der Waals surface area contributed by atoms with E-state index in [1.807, 2.05) is 37.3 Å². The Morgan fingerprint density at radius 2 is 2.02 bits per heavy atom. The third-order valence-corrected chi connectivity index (χ3v) is 10.4. The van der Waals surface area contributed by atoms with Gasteiger partial charge in [0.2, 0.25) is 5.95 Å². The summed E-state index contributed by atoms with van der Waals surface area (Å²) in [5, 5.41) is 24.8. The van der Waals surface area contributed by atoms with E-state index >= 15 is 4.39 Å². The average Bonchev–Trinajstić information content (AvgIpc) is 2.93. The zero-order valence-corrected chi connectivity index (χ0v) is 25.6. The molecular formula is C33H37ClFN7O. The van der Waals surface area contributed by atoms with Crippen molar-refractivity contribution in [2.24, 2.45) is 0 Å². The summed E-state index contributed by atoms with van der Waals surface area (Å²) in [6.07, 6.45) is 5.37. The molecule has 0 spiro atoms. The predicted molar refractivity (Wildman–Crippen MR) is 168 cm³/mol. The number of piperazine rings is 1. The number of aromatic nitrogens is 2. The van der Waals surface area contributed by atoms with Crippen LogP contribution in [0.1, 0.15) is 55.7 Å². The highest BCUT2D eigenvalue weighted by Crippen LogP contribution is 2.49. The molecule has 3 aromatic rings. The van der Waals surface area contributed by atoms with E-state index in [0.29, 0.717) is 40.2 Å². The number of piperidine rings is 1. The summed E-state index contributed by atoms with van der Waals surface area (Å²) in [4.78, 5) is 16.7. The number of nitriles is 1. The standard InChI is InChI=1S/C33H37ClFN7O/c1-33(15-22(43)13-19-7-4-5-9-24(19)33)28-25(34)14-23-30(29(28)35)38-32(41-17-21(18-41)40(2)3)39-31(23)42-20-8-6-10-27(42)26(11-12-36)37-16-20/h4-5,7,9,13-14,20-21,26-27,37,43H,6,8,10-11,15-18H2,1-3H3/t20?,26-,27-,33?/m0/s1. The number of rotatable bonds is 5. The maximum atomic E-state index is 17.2. The number of aliphatic hydroxyl groups is 1. The lowest BCUT2D eigenvalue weighted by atomic mass is 9.68. The molecule has 3 aliphatic heterocycles. The minimum Gasteiger partial charge on any atom is -0.512 e. The van der Waals surface area contributed by atoms with Gasteiger partial charge >= 0.3 is 0 Å². The molecule has 2 N–H and O–H groups in total. The van der Waals surface area contributed by atoms with Gasteiger partial charge in [-0.2, -0.15) is 10.2 Å². The van der Waals surface area contributed by atoms with E-state index in [1.54, 1.807) is 6.08 Å². The largest absolute Gasteiger partial charge is 0.512 e. The van der Waals surface area contributed by atoms with Gasteiger partial charge in [0.1, 0.15) is 11.3 Å². The number of hydrogen-bond donors (Lipinski definition) is 2. The summed E-state index contributed by atoms with van der Waals surface area (Å²) < 4.78 is 17.2. The molecule has 0 radical (unpaired) electrons. The van der Waals surface area contributed by atoms with Gasteiger partial charge in [0, 0.05) is 71.6 Å². The van der Waals surface area contributed by atoms with Gasteiger partial charge in [-0.3, -0.25) is 0 Å². The van der Waals surface area contributed by atoms with Crippen LogP contribution in [0.15, 0.2) is 36.1 Å². The average molecular weight is 602 g/mol. The fourth-order valence-corrected chi connectivity index (χ4v) is 8.16. The monoisotopic (exact) mass is 601 g/mol. The number of halogens is 2. The molecule has 4 atom stereocenters. The Bertz CT molecular complexity index is 1670. The molecule has 10 heteroatoms. The molecule has 7 rings (SSSR count). The third kappa shape index (κ3) is 4.54. The van der Waals surface area contributed by atoms with E-state index in [-0.39, 0.29) is 35.8 Å². The van der Waals surface area contributed by atoms with Crippen molar-refractivity contribution in [2.75, 3.05) is 43.5 Å². The molecule has 2 unspecified atom stereocenters. The summed E-state index contributed by atoms with van der Waals surface area (Å²) in [5.74, 6) is 0.918. The van der Waals surface area contributed by atoms with Crippen molar-refractivity contribution in [3.8, 4) is 6.07 Å². The zero-order valence-electron chi connectivity index (χ0n) is 24.8. The lowest BCUT2D eigenvalue weighted by Crippen LogP contribution is -2.65. The van der Waals surface area contributed by atoms with Crippen LogP contribution in [0.5, 0.6) is 0 Å². The van der Waals surface area contributed by atoms with E-state index in [0.717, 1.165) is 50.0 Å². The van der Waals surface area contributed by atoms with Crippen LogP contribution in [0.4, 0.5) is 16.2 Å². The van der Waals surface area contributed by atoms with Gasteiger partial charge in [-0.05, 0) is 56.6 Å². The number of anilines is 2. The molecule has 1 aliphatic carbocycles. The molecule has 3 saturated heterocycles. The molecule has 0 amide bonds. The Balaban J connectivity index is 1.43. The maximum Gasteiger partial charge on any atom is 0.228 e. The minimum absolute atomic E-state index is 0.00384. The van der Waals surface area contributed by atoms with Gasteiger partial charge in [0.05, 0.1) is 18.2 Å². The van der Waals surface area contributed by atoms with Crippen LogP contribution in [-0.2, 0) is 5.41 Å². The van der Waals surface area contributed by atoms with Crippen molar-refractivity contribution in [1.29, 1.82) is 5.26 Å². The van der Waals surface area contributed by atoms with Crippen LogP contribution in [0.2, 0.25) is 5.02 Å². The molecule has 3 fully saturated rings. The first-order chi connectivity index (χ1) is 20.7. The predicted octanol–water partition coefficient (Wildman–Crippen LogP) is 5.39. The summed E-state index contributed by atoms with van der Waals surface area (Å²) >= 11 is 7.06. The first kappa shape index (κ1) is 28.3. The van der Waals surface area contributed by atoms with Gasteiger partial charge in [0.25, 0.3) is 0 Å². The van der Waals surface area contributed by atoms with Crippen molar-refractivity contribution in [2.45, 2.75) is 68.6 Å². The van der Waals surface area contributed by atoms with Gasteiger partial charge in [-0.1, -0.05) is 42.8 Å². The van der Waals surface area contributed by atoms with E-state index in [9.17, 15) is 10.4 Å². The lowest BCUT2D eigenvalue weighted by Gasteiger charge is -2.51. The molecule has 1 aromatic heterocycles. The molecule has 8 nitrogen and oxygen atoms in total. The first-order valence-corrected chi connectivity index (χ1v) is 15.6. The first-order valence-electron chi connectivity index (χ1n) is 15.2. The molecule has 4 aliphatic rings. The second-order valence-electron chi connectivity index (χ2n) is 13.0. The number of fused-ring (bicyclic) bond motifs is 4. The second kappa shape index (κ2) is 10.6. The van der Waals surface area contributed by atoms with Crippen LogP contribution in [0.3, 0.4) is 0 Å². The number of allylic oxidation sites excluding steroid dienone is 1. The van der Waals surface area contributed by atoms with Crippen molar-refractivity contribution < 1.29 is 9.50 Å². The quantitative estimate of drug-likeness (QED) is 0.402. The van der Waals surface area contributed by atoms with E-state index < -0.39 is 11.2 Å². The Morgan fingerprint density at radius 3 is 2.79 bits per heavy atom.